The first kappa shape index (κ1) is 96.0. The van der Waals surface area contributed by atoms with Crippen molar-refractivity contribution in [1.82, 2.24) is 0 Å². The molecule has 0 saturated heterocycles. The number of ether oxygens (including phenoxy) is 4. The third kappa shape index (κ3) is 71.8. The Kier molecular flexibility index (Phi) is 69.8. The van der Waals surface area contributed by atoms with Crippen LogP contribution in [-0.2, 0) is 65.4 Å². The van der Waals surface area contributed by atoms with Gasteiger partial charge < -0.3 is 33.8 Å². The van der Waals surface area contributed by atoms with Crippen molar-refractivity contribution in [2.24, 2.45) is 5.92 Å². The average molecular weight is 1440 g/mol. The molecule has 3 unspecified atom stereocenters. The average Bonchev–Trinajstić information content (AvgIpc) is 1.06. The van der Waals surface area contributed by atoms with Gasteiger partial charge in [0.1, 0.15) is 19.3 Å². The molecule has 0 heterocycles. The van der Waals surface area contributed by atoms with Crippen LogP contribution in [-0.4, -0.2) is 96.7 Å². The van der Waals surface area contributed by atoms with E-state index in [2.05, 4.69) is 83.2 Å². The van der Waals surface area contributed by atoms with Crippen molar-refractivity contribution in [2.45, 2.75) is 393 Å². The zero-order chi connectivity index (χ0) is 72.7. The Balaban J connectivity index is 5.32. The summed E-state index contributed by atoms with van der Waals surface area (Å²) < 4.78 is 68.6. The van der Waals surface area contributed by atoms with Crippen molar-refractivity contribution in [1.29, 1.82) is 0 Å². The summed E-state index contributed by atoms with van der Waals surface area (Å²) in [6, 6.07) is 0. The highest BCUT2D eigenvalue weighted by molar-refractivity contribution is 7.47. The molecule has 0 saturated carbocycles. The van der Waals surface area contributed by atoms with Crippen LogP contribution in [0.25, 0.3) is 0 Å². The van der Waals surface area contributed by atoms with E-state index in [9.17, 15) is 43.2 Å². The minimum absolute atomic E-state index is 0.0831. The molecular weight excluding hydrogens is 1290 g/mol. The first-order valence-corrected chi connectivity index (χ1v) is 43.3. The SMILES string of the molecule is CCCCCC/C=C\C=C/CCCCCCCC(=O)OC[C@H](COP(=O)(O)OC[C@@H](O)COP(=O)(O)OC[C@@H](COC(=O)CCCCCCCCCCCCC)OC(=O)CCCCCCC/C=C\C=C/CCCCCC)OC(=O)CCCCCCCCCCCCCCCCC(C)CC. The van der Waals surface area contributed by atoms with Crippen LogP contribution in [0.2, 0.25) is 0 Å². The first-order valence-electron chi connectivity index (χ1n) is 40.3. The first-order chi connectivity index (χ1) is 48.1. The molecule has 6 atom stereocenters. The number of esters is 4. The van der Waals surface area contributed by atoms with E-state index in [0.29, 0.717) is 25.7 Å². The lowest BCUT2D eigenvalue weighted by molar-refractivity contribution is -0.161. The van der Waals surface area contributed by atoms with Crippen LogP contribution < -0.4 is 0 Å². The number of carbonyl (C=O) groups excluding carboxylic acids is 4. The molecule has 99 heavy (non-hydrogen) atoms. The zero-order valence-corrected chi connectivity index (χ0v) is 65.4. The monoisotopic (exact) mass is 1440 g/mol. The highest BCUT2D eigenvalue weighted by Gasteiger charge is 2.30. The summed E-state index contributed by atoms with van der Waals surface area (Å²) in [6.07, 6.45) is 68.0. The van der Waals surface area contributed by atoms with Crippen molar-refractivity contribution >= 4 is 39.5 Å². The van der Waals surface area contributed by atoms with Gasteiger partial charge in [-0.1, -0.05) is 321 Å². The number of allylic oxidation sites excluding steroid dienone is 8. The number of carbonyl (C=O) groups is 4. The van der Waals surface area contributed by atoms with Crippen LogP contribution in [0.15, 0.2) is 48.6 Å². The van der Waals surface area contributed by atoms with Gasteiger partial charge in [-0.25, -0.2) is 9.13 Å². The van der Waals surface area contributed by atoms with Crippen LogP contribution in [0.1, 0.15) is 375 Å². The maximum Gasteiger partial charge on any atom is 0.472 e. The van der Waals surface area contributed by atoms with E-state index in [1.54, 1.807) is 0 Å². The minimum atomic E-state index is -4.97. The van der Waals surface area contributed by atoms with Gasteiger partial charge in [0.15, 0.2) is 12.2 Å². The van der Waals surface area contributed by atoms with E-state index in [1.165, 1.54) is 167 Å². The minimum Gasteiger partial charge on any atom is -0.462 e. The van der Waals surface area contributed by atoms with E-state index in [4.69, 9.17) is 37.0 Å². The van der Waals surface area contributed by atoms with Crippen molar-refractivity contribution in [3.8, 4) is 0 Å². The Morgan fingerprint density at radius 2 is 0.566 bits per heavy atom. The Morgan fingerprint density at radius 3 is 0.859 bits per heavy atom. The van der Waals surface area contributed by atoms with Crippen LogP contribution in [0.4, 0.5) is 0 Å². The number of hydrogen-bond acceptors (Lipinski definition) is 15. The summed E-state index contributed by atoms with van der Waals surface area (Å²) in [7, 11) is -9.94. The molecule has 3 N–H and O–H groups in total. The molecule has 17 nitrogen and oxygen atoms in total. The molecule has 0 rings (SSSR count). The lowest BCUT2D eigenvalue weighted by Gasteiger charge is -2.21. The molecule has 0 aliphatic carbocycles. The van der Waals surface area contributed by atoms with Gasteiger partial charge in [-0.15, -0.1) is 0 Å². The largest absolute Gasteiger partial charge is 0.472 e. The number of hydrogen-bond donors (Lipinski definition) is 3. The van der Waals surface area contributed by atoms with Gasteiger partial charge in [0.25, 0.3) is 0 Å². The normalized spacial score (nSPS) is 14.5. The van der Waals surface area contributed by atoms with E-state index in [-0.39, 0.29) is 25.7 Å². The lowest BCUT2D eigenvalue weighted by Crippen LogP contribution is -2.30. The summed E-state index contributed by atoms with van der Waals surface area (Å²) in [5.41, 5.74) is 0. The summed E-state index contributed by atoms with van der Waals surface area (Å²) in [4.78, 5) is 72.9. The Hall–Kier alpha value is -2.98. The van der Waals surface area contributed by atoms with E-state index in [1.807, 2.05) is 0 Å². The predicted octanol–water partition coefficient (Wildman–Crippen LogP) is 23.1. The quantitative estimate of drug-likeness (QED) is 0.0169. The standard InChI is InChI=1S/C80H148O17P2/c1-6-10-13-16-19-22-25-27-29-34-39-44-49-54-59-64-78(83)91-70-76(97-80(85)66-61-56-51-46-41-36-32-31-33-38-42-47-52-57-62-73(5)9-4)72-95-99(88,89)93-68-74(81)67-92-98(86,87)94-71-75(69-90-77(82)63-58-53-48-43-37-24-21-18-15-12-8-3)96-79(84)65-60-55-50-45-40-35-30-28-26-23-20-17-14-11-7-2/h22-23,25-30,73-76,81H,6-21,24,31-72H2,1-5H3,(H,86,87)(H,88,89)/b25-22-,26-23-,29-27-,30-28-/t73?,74-,75+,76+/m0/s1. The van der Waals surface area contributed by atoms with E-state index >= 15 is 0 Å². The van der Waals surface area contributed by atoms with E-state index in [0.717, 1.165) is 128 Å². The summed E-state index contributed by atoms with van der Waals surface area (Å²) in [5.74, 6) is -1.33. The van der Waals surface area contributed by atoms with Gasteiger partial charge in [0.2, 0.25) is 0 Å². The number of aliphatic hydroxyl groups is 1. The molecular formula is C80H148O17P2. The van der Waals surface area contributed by atoms with Gasteiger partial charge in [-0.3, -0.25) is 37.3 Å². The smallest absolute Gasteiger partial charge is 0.462 e. The van der Waals surface area contributed by atoms with Gasteiger partial charge in [0, 0.05) is 25.7 Å². The maximum atomic E-state index is 13.1. The number of phosphoric acid groups is 2. The Morgan fingerprint density at radius 1 is 0.323 bits per heavy atom. The van der Waals surface area contributed by atoms with Gasteiger partial charge in [-0.05, 0) is 83.0 Å². The van der Waals surface area contributed by atoms with Crippen LogP contribution in [0.3, 0.4) is 0 Å². The fourth-order valence-electron chi connectivity index (χ4n) is 11.3. The van der Waals surface area contributed by atoms with Crippen molar-refractivity contribution in [2.75, 3.05) is 39.6 Å². The molecule has 0 bridgehead atoms. The summed E-state index contributed by atoms with van der Waals surface area (Å²) in [5, 5.41) is 10.6. The molecule has 0 radical (unpaired) electrons. The number of aliphatic hydroxyl groups excluding tert-OH is 1. The molecule has 0 aromatic carbocycles. The van der Waals surface area contributed by atoms with E-state index < -0.39 is 97.5 Å². The lowest BCUT2D eigenvalue weighted by atomic mass is 9.99. The molecule has 0 aromatic rings. The molecule has 0 spiro atoms. The number of phosphoric ester groups is 2. The summed E-state index contributed by atoms with van der Waals surface area (Å²) >= 11 is 0. The highest BCUT2D eigenvalue weighted by Crippen LogP contribution is 2.45. The fraction of sp³-hybridized carbons (Fsp3) is 0.850. The second-order valence-electron chi connectivity index (χ2n) is 27.7. The Labute approximate surface area is 604 Å². The van der Waals surface area contributed by atoms with Crippen LogP contribution in [0.5, 0.6) is 0 Å². The van der Waals surface area contributed by atoms with Gasteiger partial charge in [-0.2, -0.15) is 0 Å². The number of rotatable bonds is 76. The second-order valence-corrected chi connectivity index (χ2v) is 30.6. The molecule has 580 valence electrons. The van der Waals surface area contributed by atoms with Crippen LogP contribution in [0, 0.1) is 5.92 Å². The predicted molar refractivity (Wildman–Crippen MR) is 404 cm³/mol. The third-order valence-electron chi connectivity index (χ3n) is 17.9. The maximum absolute atomic E-state index is 13.1. The van der Waals surface area contributed by atoms with Crippen molar-refractivity contribution in [3.05, 3.63) is 48.6 Å². The molecule has 0 aliphatic heterocycles. The van der Waals surface area contributed by atoms with Crippen molar-refractivity contribution in [3.63, 3.8) is 0 Å². The Bertz CT molecular complexity index is 2080. The summed E-state index contributed by atoms with van der Waals surface area (Å²) in [6.45, 7) is 7.23. The number of unbranched alkanes of at least 4 members (excludes halogenated alkanes) is 41. The molecule has 0 aromatic heterocycles. The molecule has 19 heteroatoms. The molecule has 0 aliphatic rings. The van der Waals surface area contributed by atoms with Gasteiger partial charge in [0.05, 0.1) is 26.4 Å². The molecule has 0 amide bonds. The van der Waals surface area contributed by atoms with Gasteiger partial charge >= 0.3 is 39.5 Å². The highest BCUT2D eigenvalue weighted by atomic mass is 31.2. The second kappa shape index (κ2) is 72.0. The molecule has 0 fully saturated rings. The zero-order valence-electron chi connectivity index (χ0n) is 63.6. The third-order valence-corrected chi connectivity index (χ3v) is 19.8. The van der Waals surface area contributed by atoms with Crippen LogP contribution >= 0.6 is 15.6 Å². The fourth-order valence-corrected chi connectivity index (χ4v) is 12.9. The van der Waals surface area contributed by atoms with Crippen molar-refractivity contribution < 1.29 is 80.2 Å². The topological polar surface area (TPSA) is 237 Å².